The predicted molar refractivity (Wildman–Crippen MR) is 87.9 cm³/mol. The van der Waals surface area contributed by atoms with Crippen LogP contribution in [0.2, 0.25) is 0 Å². The first-order valence-corrected chi connectivity index (χ1v) is 8.52. The van der Waals surface area contributed by atoms with E-state index in [1.807, 2.05) is 6.07 Å². The molecule has 3 heterocycles. The van der Waals surface area contributed by atoms with Crippen LogP contribution in [-0.2, 0) is 9.47 Å². The van der Waals surface area contributed by atoms with E-state index >= 15 is 0 Å². The summed E-state index contributed by atoms with van der Waals surface area (Å²) in [6.07, 6.45) is 2.10. The minimum absolute atomic E-state index is 0.0732. The minimum atomic E-state index is -0.332. The molecule has 130 valence electrons. The highest BCUT2D eigenvalue weighted by Crippen LogP contribution is 2.26. The molecule has 3 fully saturated rings. The number of amides is 2. The molecule has 2 atom stereocenters. The van der Waals surface area contributed by atoms with Crippen LogP contribution >= 0.6 is 0 Å². The standard InChI is InChI=1S/C17H22FN3O3/c18-12-5-13(7-14(6-12)20-3-1-2-4-20)19-17(22)21-8-15-10-23-11-16(9-21)24-15/h5-7,15-16H,1-4,8-11H2,(H,19,22)/t15-,16+. The quantitative estimate of drug-likeness (QED) is 0.899. The lowest BCUT2D eigenvalue weighted by Crippen LogP contribution is -2.56. The van der Waals surface area contributed by atoms with Crippen molar-refractivity contribution < 1.29 is 18.7 Å². The number of nitrogens with zero attached hydrogens (tertiary/aromatic N) is 2. The summed E-state index contributed by atoms with van der Waals surface area (Å²) in [5.41, 5.74) is 1.32. The molecular formula is C17H22FN3O3. The second kappa shape index (κ2) is 6.57. The van der Waals surface area contributed by atoms with E-state index in [0.717, 1.165) is 31.6 Å². The molecule has 0 saturated carbocycles. The maximum Gasteiger partial charge on any atom is 0.322 e. The van der Waals surface area contributed by atoms with E-state index in [-0.39, 0.29) is 24.1 Å². The van der Waals surface area contributed by atoms with Crippen LogP contribution in [0.1, 0.15) is 12.8 Å². The maximum absolute atomic E-state index is 13.9. The first-order valence-electron chi connectivity index (χ1n) is 8.52. The van der Waals surface area contributed by atoms with Gasteiger partial charge in [0, 0.05) is 24.5 Å². The van der Waals surface area contributed by atoms with Crippen LogP contribution in [-0.4, -0.2) is 62.5 Å². The molecule has 1 N–H and O–H groups in total. The molecule has 7 heteroatoms. The van der Waals surface area contributed by atoms with Crippen LogP contribution in [0.5, 0.6) is 0 Å². The van der Waals surface area contributed by atoms with Crippen molar-refractivity contribution in [2.24, 2.45) is 0 Å². The Morgan fingerprint density at radius 3 is 2.54 bits per heavy atom. The highest BCUT2D eigenvalue weighted by atomic mass is 19.1. The fourth-order valence-electron chi connectivity index (χ4n) is 3.61. The van der Waals surface area contributed by atoms with Gasteiger partial charge in [-0.25, -0.2) is 9.18 Å². The molecule has 3 aliphatic rings. The molecule has 3 aliphatic heterocycles. The Hall–Kier alpha value is -1.86. The summed E-state index contributed by atoms with van der Waals surface area (Å²) in [5, 5.41) is 2.83. The lowest BCUT2D eigenvalue weighted by molar-refractivity contribution is -0.170. The summed E-state index contributed by atoms with van der Waals surface area (Å²) >= 11 is 0. The average Bonchev–Trinajstić information content (AvgIpc) is 3.08. The summed E-state index contributed by atoms with van der Waals surface area (Å²) < 4.78 is 25.1. The fraction of sp³-hybridized carbons (Fsp3) is 0.588. The number of morpholine rings is 1. The Kier molecular flexibility index (Phi) is 4.28. The number of fused-ring (bicyclic) bond motifs is 2. The normalized spacial score (nSPS) is 26.5. The maximum atomic E-state index is 13.9. The third-order valence-corrected chi connectivity index (χ3v) is 4.73. The molecule has 3 saturated heterocycles. The lowest BCUT2D eigenvalue weighted by atomic mass is 10.2. The lowest BCUT2D eigenvalue weighted by Gasteiger charge is -2.41. The molecule has 2 bridgehead atoms. The van der Waals surface area contributed by atoms with Gasteiger partial charge in [0.25, 0.3) is 0 Å². The second-order valence-electron chi connectivity index (χ2n) is 6.64. The number of hydrogen-bond donors (Lipinski definition) is 1. The molecule has 24 heavy (non-hydrogen) atoms. The first kappa shape index (κ1) is 15.7. The fourth-order valence-corrected chi connectivity index (χ4v) is 3.61. The summed E-state index contributed by atoms with van der Waals surface area (Å²) in [6.45, 7) is 3.89. The van der Waals surface area contributed by atoms with E-state index < -0.39 is 0 Å². The Balaban J connectivity index is 1.45. The van der Waals surface area contributed by atoms with Crippen LogP contribution < -0.4 is 10.2 Å². The summed E-state index contributed by atoms with van der Waals surface area (Å²) in [7, 11) is 0. The SMILES string of the molecule is O=C(Nc1cc(F)cc(N2CCCC2)c1)N1C[C@H]2COC[C@@H](C1)O2. The molecule has 0 unspecified atom stereocenters. The van der Waals surface area contributed by atoms with Crippen LogP contribution in [0.25, 0.3) is 0 Å². The van der Waals surface area contributed by atoms with Crippen molar-refractivity contribution in [3.63, 3.8) is 0 Å². The van der Waals surface area contributed by atoms with Gasteiger partial charge >= 0.3 is 6.03 Å². The number of halogens is 1. The van der Waals surface area contributed by atoms with Gasteiger partial charge in [-0.3, -0.25) is 0 Å². The van der Waals surface area contributed by atoms with Gasteiger partial charge < -0.3 is 24.6 Å². The van der Waals surface area contributed by atoms with E-state index in [9.17, 15) is 9.18 Å². The van der Waals surface area contributed by atoms with Crippen molar-refractivity contribution >= 4 is 17.4 Å². The number of anilines is 2. The molecule has 0 spiro atoms. The van der Waals surface area contributed by atoms with Crippen molar-refractivity contribution in [2.45, 2.75) is 25.0 Å². The van der Waals surface area contributed by atoms with E-state index in [1.165, 1.54) is 12.1 Å². The molecule has 0 aromatic heterocycles. The largest absolute Gasteiger partial charge is 0.376 e. The number of carbonyl (C=O) groups is 1. The van der Waals surface area contributed by atoms with Crippen molar-refractivity contribution in [1.29, 1.82) is 0 Å². The second-order valence-corrected chi connectivity index (χ2v) is 6.64. The highest BCUT2D eigenvalue weighted by Gasteiger charge is 2.34. The Morgan fingerprint density at radius 1 is 1.12 bits per heavy atom. The zero-order valence-corrected chi connectivity index (χ0v) is 13.5. The van der Waals surface area contributed by atoms with Crippen molar-refractivity contribution in [3.05, 3.63) is 24.0 Å². The molecule has 1 aromatic carbocycles. The van der Waals surface area contributed by atoms with Crippen LogP contribution in [0.3, 0.4) is 0 Å². The summed E-state index contributed by atoms with van der Waals surface area (Å²) in [6, 6.07) is 4.52. The summed E-state index contributed by atoms with van der Waals surface area (Å²) in [4.78, 5) is 16.4. The van der Waals surface area contributed by atoms with Crippen molar-refractivity contribution in [3.8, 4) is 0 Å². The van der Waals surface area contributed by atoms with Gasteiger partial charge in [0.1, 0.15) is 5.82 Å². The number of carbonyl (C=O) groups excluding carboxylic acids is 1. The third-order valence-electron chi connectivity index (χ3n) is 4.73. The topological polar surface area (TPSA) is 54.0 Å². The smallest absolute Gasteiger partial charge is 0.322 e. The van der Waals surface area contributed by atoms with Gasteiger partial charge in [-0.1, -0.05) is 0 Å². The van der Waals surface area contributed by atoms with Gasteiger partial charge in [0.2, 0.25) is 0 Å². The van der Waals surface area contributed by atoms with Gasteiger partial charge in [0.05, 0.1) is 38.5 Å². The Morgan fingerprint density at radius 2 is 1.83 bits per heavy atom. The molecule has 0 radical (unpaired) electrons. The number of rotatable bonds is 2. The van der Waals surface area contributed by atoms with E-state index in [4.69, 9.17) is 9.47 Å². The predicted octanol–water partition coefficient (Wildman–Crippen LogP) is 2.06. The Labute approximate surface area is 140 Å². The molecule has 1 aromatic rings. The highest BCUT2D eigenvalue weighted by molar-refractivity contribution is 5.90. The molecule has 0 aliphatic carbocycles. The van der Waals surface area contributed by atoms with E-state index in [1.54, 1.807) is 4.90 Å². The number of hydrogen-bond acceptors (Lipinski definition) is 4. The van der Waals surface area contributed by atoms with Crippen LogP contribution in [0.4, 0.5) is 20.6 Å². The van der Waals surface area contributed by atoms with Gasteiger partial charge in [-0.05, 0) is 31.0 Å². The van der Waals surface area contributed by atoms with Gasteiger partial charge in [0.15, 0.2) is 0 Å². The molecule has 4 rings (SSSR count). The van der Waals surface area contributed by atoms with E-state index in [0.29, 0.717) is 32.0 Å². The first-order chi connectivity index (χ1) is 11.7. The number of nitrogens with one attached hydrogen (secondary N) is 1. The number of urea groups is 1. The summed E-state index contributed by atoms with van der Waals surface area (Å²) in [5.74, 6) is -0.332. The number of ether oxygens (including phenoxy) is 2. The van der Waals surface area contributed by atoms with Crippen LogP contribution in [0, 0.1) is 5.82 Å². The Bertz CT molecular complexity index is 609. The van der Waals surface area contributed by atoms with Crippen LogP contribution in [0.15, 0.2) is 18.2 Å². The molecule has 2 amide bonds. The molecular weight excluding hydrogens is 313 g/mol. The minimum Gasteiger partial charge on any atom is -0.376 e. The monoisotopic (exact) mass is 335 g/mol. The van der Waals surface area contributed by atoms with Crippen molar-refractivity contribution in [2.75, 3.05) is 49.6 Å². The average molecular weight is 335 g/mol. The van der Waals surface area contributed by atoms with Crippen molar-refractivity contribution in [1.82, 2.24) is 4.90 Å². The van der Waals surface area contributed by atoms with E-state index in [2.05, 4.69) is 10.2 Å². The third kappa shape index (κ3) is 3.32. The van der Waals surface area contributed by atoms with Gasteiger partial charge in [-0.15, -0.1) is 0 Å². The number of benzene rings is 1. The van der Waals surface area contributed by atoms with Gasteiger partial charge in [-0.2, -0.15) is 0 Å². The zero-order chi connectivity index (χ0) is 16.5. The molecule has 6 nitrogen and oxygen atoms in total. The zero-order valence-electron chi connectivity index (χ0n) is 13.5.